The molecule has 4 nitrogen and oxygen atoms in total. The van der Waals surface area contributed by atoms with E-state index < -0.39 is 0 Å². The number of ether oxygens (including phenoxy) is 1. The number of nitrogen functional groups attached to an aromatic ring is 1. The molecule has 0 unspecified atom stereocenters. The van der Waals surface area contributed by atoms with Gasteiger partial charge in [0.1, 0.15) is 5.75 Å². The third kappa shape index (κ3) is 3.47. The Kier molecular flexibility index (Phi) is 4.70. The number of halogens is 1. The summed E-state index contributed by atoms with van der Waals surface area (Å²) in [6.07, 6.45) is 0. The summed E-state index contributed by atoms with van der Waals surface area (Å²) in [5.41, 5.74) is 7.48. The Balaban J connectivity index is 2.19. The van der Waals surface area contributed by atoms with Gasteiger partial charge in [-0.15, -0.1) is 0 Å². The highest BCUT2D eigenvalue weighted by molar-refractivity contribution is 6.31. The number of nitrogens with one attached hydrogen (secondary N) is 1. The van der Waals surface area contributed by atoms with Gasteiger partial charge in [0, 0.05) is 16.3 Å². The predicted molar refractivity (Wildman–Crippen MR) is 84.7 cm³/mol. The van der Waals surface area contributed by atoms with Crippen LogP contribution >= 0.6 is 11.6 Å². The van der Waals surface area contributed by atoms with E-state index in [1.807, 2.05) is 31.2 Å². The second-order valence-electron chi connectivity index (χ2n) is 4.67. The van der Waals surface area contributed by atoms with Gasteiger partial charge in [0.15, 0.2) is 0 Å². The molecule has 2 aromatic rings. The van der Waals surface area contributed by atoms with E-state index in [-0.39, 0.29) is 11.9 Å². The summed E-state index contributed by atoms with van der Waals surface area (Å²) >= 11 is 5.83. The zero-order chi connectivity index (χ0) is 15.4. The molecule has 1 atom stereocenters. The number of amides is 1. The van der Waals surface area contributed by atoms with E-state index in [0.717, 1.165) is 11.3 Å². The van der Waals surface area contributed by atoms with E-state index in [1.54, 1.807) is 25.3 Å². The standard InChI is InChI=1S/C16H17ClN2O2/c1-10(12-5-3-4-6-15(12)21-2)19-16(20)13-8-7-11(17)9-14(13)18/h3-10H,18H2,1-2H3,(H,19,20)/t10-/m1/s1. The van der Waals surface area contributed by atoms with Crippen LogP contribution in [0.25, 0.3) is 0 Å². The molecule has 0 aliphatic heterocycles. The van der Waals surface area contributed by atoms with Crippen LogP contribution < -0.4 is 15.8 Å². The molecule has 0 fully saturated rings. The van der Waals surface area contributed by atoms with Crippen LogP contribution in [0.15, 0.2) is 42.5 Å². The van der Waals surface area contributed by atoms with Crippen LogP contribution in [-0.2, 0) is 0 Å². The molecule has 1 amide bonds. The Morgan fingerprint density at radius 3 is 2.67 bits per heavy atom. The highest BCUT2D eigenvalue weighted by atomic mass is 35.5. The quantitative estimate of drug-likeness (QED) is 0.851. The summed E-state index contributed by atoms with van der Waals surface area (Å²) in [6.45, 7) is 1.89. The molecule has 3 N–H and O–H groups in total. The van der Waals surface area contributed by atoms with Gasteiger partial charge >= 0.3 is 0 Å². The average Bonchev–Trinajstić information content (AvgIpc) is 2.46. The Morgan fingerprint density at radius 1 is 1.29 bits per heavy atom. The zero-order valence-electron chi connectivity index (χ0n) is 11.9. The monoisotopic (exact) mass is 304 g/mol. The number of carbonyl (C=O) groups is 1. The third-order valence-electron chi connectivity index (χ3n) is 3.21. The van der Waals surface area contributed by atoms with Gasteiger partial charge < -0.3 is 15.8 Å². The molecule has 0 heterocycles. The Labute approximate surface area is 128 Å². The Bertz CT molecular complexity index is 658. The fourth-order valence-electron chi connectivity index (χ4n) is 2.12. The summed E-state index contributed by atoms with van der Waals surface area (Å²) in [5.74, 6) is 0.483. The van der Waals surface area contributed by atoms with Crippen molar-refractivity contribution in [3.63, 3.8) is 0 Å². The van der Waals surface area contributed by atoms with Crippen LogP contribution in [0.5, 0.6) is 5.75 Å². The van der Waals surface area contributed by atoms with Gasteiger partial charge in [-0.25, -0.2) is 0 Å². The first kappa shape index (κ1) is 15.2. The van der Waals surface area contributed by atoms with Crippen molar-refractivity contribution in [2.75, 3.05) is 12.8 Å². The molecule has 0 aromatic heterocycles. The molecule has 0 saturated heterocycles. The lowest BCUT2D eigenvalue weighted by Crippen LogP contribution is -2.27. The van der Waals surface area contributed by atoms with Crippen LogP contribution in [-0.4, -0.2) is 13.0 Å². The SMILES string of the molecule is COc1ccccc1[C@@H](C)NC(=O)c1ccc(Cl)cc1N. The normalized spacial score (nSPS) is 11.8. The lowest BCUT2D eigenvalue weighted by Gasteiger charge is -2.17. The van der Waals surface area contributed by atoms with Crippen molar-refractivity contribution < 1.29 is 9.53 Å². The van der Waals surface area contributed by atoms with Gasteiger partial charge in [0.05, 0.1) is 18.7 Å². The van der Waals surface area contributed by atoms with Crippen LogP contribution in [0.1, 0.15) is 28.9 Å². The van der Waals surface area contributed by atoms with Crippen molar-refractivity contribution in [1.82, 2.24) is 5.32 Å². The third-order valence-corrected chi connectivity index (χ3v) is 3.45. The van der Waals surface area contributed by atoms with Crippen LogP contribution in [0.2, 0.25) is 5.02 Å². The Morgan fingerprint density at radius 2 is 2.00 bits per heavy atom. The van der Waals surface area contributed by atoms with E-state index in [4.69, 9.17) is 22.1 Å². The first-order chi connectivity index (χ1) is 10.0. The molecule has 0 spiro atoms. The van der Waals surface area contributed by atoms with E-state index >= 15 is 0 Å². The average molecular weight is 305 g/mol. The zero-order valence-corrected chi connectivity index (χ0v) is 12.6. The van der Waals surface area contributed by atoms with Crippen molar-refractivity contribution in [3.8, 4) is 5.75 Å². The minimum absolute atomic E-state index is 0.205. The summed E-state index contributed by atoms with van der Waals surface area (Å²) in [6, 6.07) is 12.2. The number of methoxy groups -OCH3 is 1. The topological polar surface area (TPSA) is 64.3 Å². The molecular weight excluding hydrogens is 288 g/mol. The van der Waals surface area contributed by atoms with E-state index in [0.29, 0.717) is 16.3 Å². The lowest BCUT2D eigenvalue weighted by molar-refractivity contribution is 0.0940. The number of hydrogen-bond acceptors (Lipinski definition) is 3. The van der Waals surface area contributed by atoms with Gasteiger partial charge in [-0.3, -0.25) is 4.79 Å². The first-order valence-corrected chi connectivity index (χ1v) is 6.89. The van der Waals surface area contributed by atoms with Gasteiger partial charge in [-0.05, 0) is 31.2 Å². The van der Waals surface area contributed by atoms with Gasteiger partial charge in [0.2, 0.25) is 0 Å². The van der Waals surface area contributed by atoms with Crippen molar-refractivity contribution >= 4 is 23.2 Å². The highest BCUT2D eigenvalue weighted by Crippen LogP contribution is 2.25. The molecular formula is C16H17ClN2O2. The van der Waals surface area contributed by atoms with E-state index in [1.165, 1.54) is 0 Å². The summed E-state index contributed by atoms with van der Waals surface area (Å²) in [7, 11) is 1.60. The number of hydrogen-bond donors (Lipinski definition) is 2. The minimum atomic E-state index is -0.248. The van der Waals surface area contributed by atoms with Crippen molar-refractivity contribution in [1.29, 1.82) is 0 Å². The van der Waals surface area contributed by atoms with Crippen LogP contribution in [0, 0.1) is 0 Å². The molecule has 2 aromatic carbocycles. The molecule has 5 heteroatoms. The summed E-state index contributed by atoms with van der Waals surface area (Å²) in [4.78, 5) is 12.3. The molecule has 0 aliphatic carbocycles. The number of benzene rings is 2. The van der Waals surface area contributed by atoms with Crippen LogP contribution in [0.4, 0.5) is 5.69 Å². The number of nitrogens with two attached hydrogens (primary N) is 1. The van der Waals surface area contributed by atoms with Crippen molar-refractivity contribution in [2.45, 2.75) is 13.0 Å². The minimum Gasteiger partial charge on any atom is -0.496 e. The molecule has 0 radical (unpaired) electrons. The van der Waals surface area contributed by atoms with Crippen LogP contribution in [0.3, 0.4) is 0 Å². The smallest absolute Gasteiger partial charge is 0.253 e. The number of rotatable bonds is 4. The maximum Gasteiger partial charge on any atom is 0.253 e. The van der Waals surface area contributed by atoms with E-state index in [2.05, 4.69) is 5.32 Å². The lowest BCUT2D eigenvalue weighted by atomic mass is 10.1. The molecule has 0 saturated carbocycles. The number of carbonyl (C=O) groups excluding carboxylic acids is 1. The summed E-state index contributed by atoms with van der Waals surface area (Å²) < 4.78 is 5.30. The molecule has 0 aliphatic rings. The summed E-state index contributed by atoms with van der Waals surface area (Å²) in [5, 5.41) is 3.41. The molecule has 110 valence electrons. The maximum atomic E-state index is 12.3. The van der Waals surface area contributed by atoms with Gasteiger partial charge in [-0.2, -0.15) is 0 Å². The molecule has 0 bridgehead atoms. The Hall–Kier alpha value is -2.20. The molecule has 21 heavy (non-hydrogen) atoms. The second kappa shape index (κ2) is 6.50. The number of para-hydroxylation sites is 1. The van der Waals surface area contributed by atoms with Crippen molar-refractivity contribution in [2.24, 2.45) is 0 Å². The van der Waals surface area contributed by atoms with Gasteiger partial charge in [-0.1, -0.05) is 29.8 Å². The second-order valence-corrected chi connectivity index (χ2v) is 5.11. The predicted octanol–water partition coefficient (Wildman–Crippen LogP) is 3.42. The highest BCUT2D eigenvalue weighted by Gasteiger charge is 2.16. The van der Waals surface area contributed by atoms with Gasteiger partial charge in [0.25, 0.3) is 5.91 Å². The van der Waals surface area contributed by atoms with E-state index in [9.17, 15) is 4.79 Å². The molecule has 2 rings (SSSR count). The maximum absolute atomic E-state index is 12.3. The first-order valence-electron chi connectivity index (χ1n) is 6.51. The fraction of sp³-hybridized carbons (Fsp3) is 0.188. The largest absolute Gasteiger partial charge is 0.496 e. The number of anilines is 1. The van der Waals surface area contributed by atoms with Crippen molar-refractivity contribution in [3.05, 3.63) is 58.6 Å². The fourth-order valence-corrected chi connectivity index (χ4v) is 2.30.